The molecule has 114 valence electrons. The van der Waals surface area contributed by atoms with Crippen LogP contribution in [0.15, 0.2) is 0 Å². The Morgan fingerprint density at radius 1 is 1.35 bits per heavy atom. The summed E-state index contributed by atoms with van der Waals surface area (Å²) in [5.74, 6) is -0.754. The maximum absolute atomic E-state index is 12.2. The molecule has 1 aliphatic rings. The van der Waals surface area contributed by atoms with Gasteiger partial charge in [0.2, 0.25) is 10.0 Å². The van der Waals surface area contributed by atoms with Gasteiger partial charge in [-0.3, -0.25) is 9.69 Å². The van der Waals surface area contributed by atoms with Crippen molar-refractivity contribution in [1.29, 1.82) is 5.26 Å². The molecule has 8 heteroatoms. The second-order valence-electron chi connectivity index (χ2n) is 4.70. The molecule has 0 saturated carbocycles. The summed E-state index contributed by atoms with van der Waals surface area (Å²) in [6.45, 7) is 4.84. The number of piperazine rings is 1. The van der Waals surface area contributed by atoms with Crippen molar-refractivity contribution < 1.29 is 17.9 Å². The second-order valence-corrected chi connectivity index (χ2v) is 6.95. The predicted octanol–water partition coefficient (Wildman–Crippen LogP) is -0.203. The molecule has 0 aromatic heterocycles. The van der Waals surface area contributed by atoms with Crippen LogP contribution in [-0.2, 0) is 19.6 Å². The van der Waals surface area contributed by atoms with Gasteiger partial charge >= 0.3 is 5.97 Å². The zero-order valence-corrected chi connectivity index (χ0v) is 12.9. The van der Waals surface area contributed by atoms with Crippen molar-refractivity contribution in [2.75, 3.05) is 33.3 Å². The van der Waals surface area contributed by atoms with Gasteiger partial charge in [-0.25, -0.2) is 8.42 Å². The van der Waals surface area contributed by atoms with Gasteiger partial charge in [-0.15, -0.1) is 0 Å². The molecule has 2 unspecified atom stereocenters. The minimum Gasteiger partial charge on any atom is -0.468 e. The number of methoxy groups -OCH3 is 1. The Morgan fingerprint density at radius 3 is 2.30 bits per heavy atom. The fourth-order valence-corrected chi connectivity index (χ4v) is 3.67. The first-order valence-corrected chi connectivity index (χ1v) is 8.09. The highest BCUT2D eigenvalue weighted by molar-refractivity contribution is 7.90. The van der Waals surface area contributed by atoms with E-state index in [1.54, 1.807) is 0 Å². The summed E-state index contributed by atoms with van der Waals surface area (Å²) in [7, 11) is -2.52. The quantitative estimate of drug-likeness (QED) is 0.653. The largest absolute Gasteiger partial charge is 0.468 e. The molecule has 20 heavy (non-hydrogen) atoms. The van der Waals surface area contributed by atoms with Crippen molar-refractivity contribution in [1.82, 2.24) is 9.21 Å². The molecule has 0 N–H and O–H groups in total. The van der Waals surface area contributed by atoms with Crippen LogP contribution in [0.3, 0.4) is 0 Å². The number of nitriles is 1. The SMILES string of the molecule is CCC(C#N)N1CCN(S(=O)(=O)C(C)C(=O)OC)CC1. The monoisotopic (exact) mass is 303 g/mol. The first-order chi connectivity index (χ1) is 9.38. The van der Waals surface area contributed by atoms with Crippen molar-refractivity contribution in [2.24, 2.45) is 0 Å². The van der Waals surface area contributed by atoms with Crippen LogP contribution in [0, 0.1) is 11.3 Å². The molecule has 0 aromatic carbocycles. The van der Waals surface area contributed by atoms with E-state index in [1.165, 1.54) is 18.3 Å². The Kier molecular flexibility index (Phi) is 5.92. The second kappa shape index (κ2) is 7.02. The topological polar surface area (TPSA) is 90.7 Å². The van der Waals surface area contributed by atoms with E-state index >= 15 is 0 Å². The van der Waals surface area contributed by atoms with E-state index in [0.717, 1.165) is 0 Å². The van der Waals surface area contributed by atoms with Gasteiger partial charge in [0.1, 0.15) is 0 Å². The normalized spacial score (nSPS) is 20.9. The molecule has 1 saturated heterocycles. The summed E-state index contributed by atoms with van der Waals surface area (Å²) >= 11 is 0. The van der Waals surface area contributed by atoms with Crippen LogP contribution in [0.1, 0.15) is 20.3 Å². The molecule has 0 bridgehead atoms. The van der Waals surface area contributed by atoms with Gasteiger partial charge in [-0.2, -0.15) is 9.57 Å². The lowest BCUT2D eigenvalue weighted by atomic mass is 10.2. The van der Waals surface area contributed by atoms with E-state index in [4.69, 9.17) is 5.26 Å². The first-order valence-electron chi connectivity index (χ1n) is 6.58. The van der Waals surface area contributed by atoms with Crippen LogP contribution in [0.25, 0.3) is 0 Å². The minimum atomic E-state index is -3.69. The summed E-state index contributed by atoms with van der Waals surface area (Å²) < 4.78 is 30.3. The molecule has 2 atom stereocenters. The zero-order chi connectivity index (χ0) is 15.3. The maximum atomic E-state index is 12.2. The highest BCUT2D eigenvalue weighted by atomic mass is 32.2. The summed E-state index contributed by atoms with van der Waals surface area (Å²) in [5, 5.41) is 7.82. The van der Waals surface area contributed by atoms with Crippen molar-refractivity contribution in [2.45, 2.75) is 31.6 Å². The molecule has 0 aromatic rings. The Labute approximate surface area is 120 Å². The summed E-state index contributed by atoms with van der Waals surface area (Å²) in [5.41, 5.74) is 0. The number of rotatable bonds is 5. The van der Waals surface area contributed by atoms with Crippen LogP contribution in [-0.4, -0.2) is 68.2 Å². The predicted molar refractivity (Wildman–Crippen MR) is 73.2 cm³/mol. The number of esters is 1. The lowest BCUT2D eigenvalue weighted by Gasteiger charge is -2.36. The Balaban J connectivity index is 2.70. The average Bonchev–Trinajstić information content (AvgIpc) is 2.47. The summed E-state index contributed by atoms with van der Waals surface area (Å²) in [4.78, 5) is 13.4. The van der Waals surface area contributed by atoms with E-state index in [0.29, 0.717) is 32.6 Å². The molecule has 0 radical (unpaired) electrons. The molecule has 1 fully saturated rings. The molecule has 0 aliphatic carbocycles. The lowest BCUT2D eigenvalue weighted by molar-refractivity contribution is -0.139. The van der Waals surface area contributed by atoms with Crippen LogP contribution >= 0.6 is 0 Å². The van der Waals surface area contributed by atoms with Gasteiger partial charge in [0, 0.05) is 26.2 Å². The molecule has 0 spiro atoms. The van der Waals surface area contributed by atoms with E-state index in [2.05, 4.69) is 10.8 Å². The first kappa shape index (κ1) is 16.9. The fraction of sp³-hybridized carbons (Fsp3) is 0.833. The number of carbonyl (C=O) groups excluding carboxylic acids is 1. The number of nitrogens with zero attached hydrogens (tertiary/aromatic N) is 3. The fourth-order valence-electron chi connectivity index (χ4n) is 2.21. The third-order valence-corrected chi connectivity index (χ3v) is 5.76. The summed E-state index contributed by atoms with van der Waals surface area (Å²) in [6.07, 6.45) is 0.710. The van der Waals surface area contributed by atoms with Gasteiger partial charge in [-0.1, -0.05) is 6.92 Å². The van der Waals surface area contributed by atoms with Crippen molar-refractivity contribution in [3.8, 4) is 6.07 Å². The number of carbonyl (C=O) groups is 1. The minimum absolute atomic E-state index is 0.183. The number of hydrogen-bond donors (Lipinski definition) is 0. The number of sulfonamides is 1. The zero-order valence-electron chi connectivity index (χ0n) is 12.1. The third kappa shape index (κ3) is 3.48. The van der Waals surface area contributed by atoms with Gasteiger partial charge in [0.05, 0.1) is 19.2 Å². The molecular formula is C12H21N3O4S. The number of ether oxygens (including phenoxy) is 1. The van der Waals surface area contributed by atoms with E-state index in [1.807, 2.05) is 11.8 Å². The van der Waals surface area contributed by atoms with Crippen LogP contribution in [0.2, 0.25) is 0 Å². The van der Waals surface area contributed by atoms with E-state index < -0.39 is 21.2 Å². The molecule has 1 aliphatic heterocycles. The molecule has 0 amide bonds. The Hall–Kier alpha value is -1.17. The highest BCUT2D eigenvalue weighted by Crippen LogP contribution is 2.15. The Bertz CT molecular complexity index is 477. The number of hydrogen-bond acceptors (Lipinski definition) is 6. The third-order valence-electron chi connectivity index (χ3n) is 3.59. The average molecular weight is 303 g/mol. The maximum Gasteiger partial charge on any atom is 0.325 e. The van der Waals surface area contributed by atoms with E-state index in [9.17, 15) is 13.2 Å². The highest BCUT2D eigenvalue weighted by Gasteiger charge is 2.37. The van der Waals surface area contributed by atoms with E-state index in [-0.39, 0.29) is 6.04 Å². The van der Waals surface area contributed by atoms with Crippen molar-refractivity contribution in [3.63, 3.8) is 0 Å². The van der Waals surface area contributed by atoms with Gasteiger partial charge < -0.3 is 4.74 Å². The molecule has 1 heterocycles. The van der Waals surface area contributed by atoms with Crippen molar-refractivity contribution >= 4 is 16.0 Å². The van der Waals surface area contributed by atoms with Crippen LogP contribution in [0.4, 0.5) is 0 Å². The molecular weight excluding hydrogens is 282 g/mol. The van der Waals surface area contributed by atoms with Crippen LogP contribution < -0.4 is 0 Å². The molecule has 1 rings (SSSR count). The van der Waals surface area contributed by atoms with Gasteiger partial charge in [0.15, 0.2) is 5.25 Å². The van der Waals surface area contributed by atoms with Gasteiger partial charge in [0.25, 0.3) is 0 Å². The smallest absolute Gasteiger partial charge is 0.325 e. The lowest BCUT2D eigenvalue weighted by Crippen LogP contribution is -2.54. The Morgan fingerprint density at radius 2 is 1.90 bits per heavy atom. The van der Waals surface area contributed by atoms with Gasteiger partial charge in [-0.05, 0) is 13.3 Å². The molecule has 7 nitrogen and oxygen atoms in total. The summed E-state index contributed by atoms with van der Waals surface area (Å²) in [6, 6.07) is 2.03. The van der Waals surface area contributed by atoms with Crippen molar-refractivity contribution in [3.05, 3.63) is 0 Å². The van der Waals surface area contributed by atoms with Crippen LogP contribution in [0.5, 0.6) is 0 Å². The standard InChI is InChI=1S/C12H21N3O4S/c1-4-11(9-13)14-5-7-15(8-6-14)20(17,18)10(2)12(16)19-3/h10-11H,4-8H2,1-3H3.